The van der Waals surface area contributed by atoms with Gasteiger partial charge in [-0.2, -0.15) is 0 Å². The molecule has 0 atom stereocenters. The average molecular weight is 294 g/mol. The fourth-order valence-corrected chi connectivity index (χ4v) is 2.60. The monoisotopic (exact) mass is 294 g/mol. The number of ether oxygens (including phenoxy) is 1. The van der Waals surface area contributed by atoms with Crippen LogP contribution >= 0.6 is 0 Å². The van der Waals surface area contributed by atoms with Gasteiger partial charge in [-0.1, -0.05) is 36.4 Å². The van der Waals surface area contributed by atoms with Crippen molar-refractivity contribution in [3.63, 3.8) is 0 Å². The first-order valence-electron chi connectivity index (χ1n) is 7.15. The van der Waals surface area contributed by atoms with Crippen LogP contribution in [0.1, 0.15) is 16.1 Å². The topological polar surface area (TPSA) is 43.3 Å². The average Bonchev–Trinajstić information content (AvgIpc) is 2.91. The molecule has 0 bridgehead atoms. The van der Waals surface area contributed by atoms with Crippen molar-refractivity contribution in [1.82, 2.24) is 9.88 Å². The van der Waals surface area contributed by atoms with E-state index in [1.165, 1.54) is 0 Å². The van der Waals surface area contributed by atoms with Crippen LogP contribution in [0.25, 0.3) is 10.9 Å². The summed E-state index contributed by atoms with van der Waals surface area (Å²) in [5, 5.41) is 3.90. The third-order valence-electron chi connectivity index (χ3n) is 3.80. The molecule has 1 heterocycles. The first-order valence-corrected chi connectivity index (χ1v) is 7.15. The number of benzene rings is 2. The van der Waals surface area contributed by atoms with Gasteiger partial charge in [0.25, 0.3) is 5.91 Å². The normalized spacial score (nSPS) is 10.6. The zero-order valence-electron chi connectivity index (χ0n) is 12.7. The molecular formula is C18H18N2O2. The molecule has 0 radical (unpaired) electrons. The quantitative estimate of drug-likeness (QED) is 0.803. The van der Waals surface area contributed by atoms with Crippen LogP contribution < -0.4 is 10.1 Å². The lowest BCUT2D eigenvalue weighted by Gasteiger charge is -2.06. The second-order valence-electron chi connectivity index (χ2n) is 5.15. The number of carbonyl (C=O) groups excluding carboxylic acids is 1. The Bertz CT molecular complexity index is 807. The summed E-state index contributed by atoms with van der Waals surface area (Å²) in [6.45, 7) is 0.512. The van der Waals surface area contributed by atoms with Crippen molar-refractivity contribution < 1.29 is 9.53 Å². The Labute approximate surface area is 129 Å². The molecule has 0 aliphatic heterocycles. The van der Waals surface area contributed by atoms with Crippen molar-refractivity contribution in [1.29, 1.82) is 0 Å². The van der Waals surface area contributed by atoms with E-state index in [4.69, 9.17) is 4.74 Å². The number of hydrogen-bond donors (Lipinski definition) is 1. The van der Waals surface area contributed by atoms with Gasteiger partial charge >= 0.3 is 0 Å². The standard InChI is InChI=1S/C18H18N2O2/c1-20-15-9-6-10-17(22-2)14(15)11-16(20)18(21)19-12-13-7-4-3-5-8-13/h3-11H,12H2,1-2H3,(H,19,21). The predicted octanol–water partition coefficient (Wildman–Crippen LogP) is 3.12. The highest BCUT2D eigenvalue weighted by molar-refractivity contribution is 6.00. The van der Waals surface area contributed by atoms with Crippen LogP contribution in [0, 0.1) is 0 Å². The van der Waals surface area contributed by atoms with Crippen LogP contribution in [0.3, 0.4) is 0 Å². The van der Waals surface area contributed by atoms with Gasteiger partial charge in [0.15, 0.2) is 0 Å². The number of rotatable bonds is 4. The molecule has 3 aromatic rings. The van der Waals surface area contributed by atoms with Crippen molar-refractivity contribution in [3.8, 4) is 5.75 Å². The number of nitrogens with zero attached hydrogens (tertiary/aromatic N) is 1. The zero-order valence-corrected chi connectivity index (χ0v) is 12.7. The van der Waals surface area contributed by atoms with Crippen LogP contribution in [0.2, 0.25) is 0 Å². The predicted molar refractivity (Wildman–Crippen MR) is 87.1 cm³/mol. The van der Waals surface area contributed by atoms with Crippen LogP contribution in [-0.2, 0) is 13.6 Å². The second-order valence-corrected chi connectivity index (χ2v) is 5.15. The van der Waals surface area contributed by atoms with Gasteiger partial charge in [0.1, 0.15) is 11.4 Å². The van der Waals surface area contributed by atoms with E-state index in [-0.39, 0.29) is 5.91 Å². The fourth-order valence-electron chi connectivity index (χ4n) is 2.60. The molecule has 0 unspecified atom stereocenters. The van der Waals surface area contributed by atoms with Gasteiger partial charge in [-0.05, 0) is 23.8 Å². The number of aromatic nitrogens is 1. The maximum Gasteiger partial charge on any atom is 0.268 e. The van der Waals surface area contributed by atoms with Gasteiger partial charge in [-0.25, -0.2) is 0 Å². The summed E-state index contributed by atoms with van der Waals surface area (Å²) in [5.41, 5.74) is 2.67. The largest absolute Gasteiger partial charge is 0.496 e. The fraction of sp³-hybridized carbons (Fsp3) is 0.167. The minimum absolute atomic E-state index is 0.0930. The van der Waals surface area contributed by atoms with Gasteiger partial charge in [-0.3, -0.25) is 4.79 Å². The maximum atomic E-state index is 12.4. The summed E-state index contributed by atoms with van der Waals surface area (Å²) >= 11 is 0. The maximum absolute atomic E-state index is 12.4. The molecule has 22 heavy (non-hydrogen) atoms. The molecule has 0 fully saturated rings. The number of aryl methyl sites for hydroxylation is 1. The zero-order chi connectivity index (χ0) is 15.5. The van der Waals surface area contributed by atoms with Gasteiger partial charge in [0.2, 0.25) is 0 Å². The third kappa shape index (κ3) is 2.55. The van der Waals surface area contributed by atoms with E-state index in [1.807, 2.05) is 66.2 Å². The Morgan fingerprint density at radius 1 is 1.14 bits per heavy atom. The van der Waals surface area contributed by atoms with Crippen molar-refractivity contribution in [2.75, 3.05) is 7.11 Å². The lowest BCUT2D eigenvalue weighted by Crippen LogP contribution is -2.24. The third-order valence-corrected chi connectivity index (χ3v) is 3.80. The molecule has 0 saturated carbocycles. The van der Waals surface area contributed by atoms with E-state index in [2.05, 4.69) is 5.32 Å². The van der Waals surface area contributed by atoms with E-state index in [0.717, 1.165) is 22.2 Å². The highest BCUT2D eigenvalue weighted by Gasteiger charge is 2.15. The molecule has 112 valence electrons. The van der Waals surface area contributed by atoms with Gasteiger partial charge < -0.3 is 14.6 Å². The molecule has 1 N–H and O–H groups in total. The lowest BCUT2D eigenvalue weighted by molar-refractivity contribution is 0.0943. The number of methoxy groups -OCH3 is 1. The first kappa shape index (κ1) is 14.2. The Balaban J connectivity index is 1.86. The summed E-state index contributed by atoms with van der Waals surface area (Å²) in [6, 6.07) is 17.5. The Kier molecular flexibility index (Phi) is 3.83. The molecule has 1 aromatic heterocycles. The summed E-state index contributed by atoms with van der Waals surface area (Å²) in [6.07, 6.45) is 0. The molecule has 0 aliphatic rings. The molecule has 4 nitrogen and oxygen atoms in total. The van der Waals surface area contributed by atoms with Crippen molar-refractivity contribution >= 4 is 16.8 Å². The number of amides is 1. The summed E-state index contributed by atoms with van der Waals surface area (Å²) < 4.78 is 7.25. The number of fused-ring (bicyclic) bond motifs is 1. The minimum Gasteiger partial charge on any atom is -0.496 e. The van der Waals surface area contributed by atoms with E-state index in [0.29, 0.717) is 12.2 Å². The molecule has 1 amide bonds. The summed E-state index contributed by atoms with van der Waals surface area (Å²) in [5.74, 6) is 0.680. The van der Waals surface area contributed by atoms with Crippen molar-refractivity contribution in [3.05, 3.63) is 65.9 Å². The smallest absolute Gasteiger partial charge is 0.268 e. The van der Waals surface area contributed by atoms with E-state index >= 15 is 0 Å². The van der Waals surface area contributed by atoms with Crippen LogP contribution in [0.5, 0.6) is 5.75 Å². The van der Waals surface area contributed by atoms with E-state index in [1.54, 1.807) is 7.11 Å². The summed E-state index contributed by atoms with van der Waals surface area (Å²) in [7, 11) is 3.52. The lowest BCUT2D eigenvalue weighted by atomic mass is 10.2. The molecular weight excluding hydrogens is 276 g/mol. The SMILES string of the molecule is COc1cccc2c1cc(C(=O)NCc1ccccc1)n2C. The van der Waals surface area contributed by atoms with Crippen molar-refractivity contribution in [2.24, 2.45) is 7.05 Å². The minimum atomic E-state index is -0.0930. The Hall–Kier alpha value is -2.75. The second kappa shape index (κ2) is 5.93. The summed E-state index contributed by atoms with van der Waals surface area (Å²) in [4.78, 5) is 12.4. The van der Waals surface area contributed by atoms with Crippen LogP contribution in [0.4, 0.5) is 0 Å². The number of hydrogen-bond acceptors (Lipinski definition) is 2. The van der Waals surface area contributed by atoms with Crippen molar-refractivity contribution in [2.45, 2.75) is 6.54 Å². The Morgan fingerprint density at radius 3 is 2.64 bits per heavy atom. The van der Waals surface area contributed by atoms with Gasteiger partial charge in [-0.15, -0.1) is 0 Å². The first-order chi connectivity index (χ1) is 10.7. The number of nitrogens with one attached hydrogen (secondary N) is 1. The molecule has 2 aromatic carbocycles. The molecule has 0 spiro atoms. The highest BCUT2D eigenvalue weighted by atomic mass is 16.5. The molecule has 3 rings (SSSR count). The molecule has 4 heteroatoms. The molecule has 0 aliphatic carbocycles. The van der Waals surface area contributed by atoms with Crippen LogP contribution in [-0.4, -0.2) is 17.6 Å². The number of carbonyl (C=O) groups is 1. The van der Waals surface area contributed by atoms with E-state index < -0.39 is 0 Å². The van der Waals surface area contributed by atoms with Crippen LogP contribution in [0.15, 0.2) is 54.6 Å². The Morgan fingerprint density at radius 2 is 1.91 bits per heavy atom. The highest BCUT2D eigenvalue weighted by Crippen LogP contribution is 2.27. The van der Waals surface area contributed by atoms with Gasteiger partial charge in [0, 0.05) is 19.0 Å². The molecule has 0 saturated heterocycles. The van der Waals surface area contributed by atoms with Gasteiger partial charge in [0.05, 0.1) is 12.6 Å². The van der Waals surface area contributed by atoms with E-state index in [9.17, 15) is 4.79 Å².